The van der Waals surface area contributed by atoms with E-state index in [9.17, 15) is 0 Å². The maximum atomic E-state index is 2.44. The van der Waals surface area contributed by atoms with Gasteiger partial charge in [0, 0.05) is 16.9 Å². The zero-order chi connectivity index (χ0) is 38.0. The van der Waals surface area contributed by atoms with Gasteiger partial charge >= 0.3 is 0 Å². The number of fused-ring (bicyclic) bond motifs is 3. The Kier molecular flexibility index (Phi) is 8.95. The van der Waals surface area contributed by atoms with Gasteiger partial charge in [-0.15, -0.1) is 0 Å². The molecule has 10 aromatic rings. The fourth-order valence-corrected chi connectivity index (χ4v) is 8.30. The Balaban J connectivity index is 1.25. The lowest BCUT2D eigenvalue weighted by atomic mass is 9.86. The number of rotatable bonds is 8. The van der Waals surface area contributed by atoms with Crippen molar-refractivity contribution in [3.8, 4) is 55.6 Å². The summed E-state index contributed by atoms with van der Waals surface area (Å²) in [6.07, 6.45) is 0. The Morgan fingerprint density at radius 1 is 0.246 bits per heavy atom. The first-order valence-corrected chi connectivity index (χ1v) is 19.6. The van der Waals surface area contributed by atoms with E-state index in [4.69, 9.17) is 0 Å². The Hall–Kier alpha value is -7.48. The molecule has 1 heteroatoms. The van der Waals surface area contributed by atoms with Gasteiger partial charge < -0.3 is 4.90 Å². The summed E-state index contributed by atoms with van der Waals surface area (Å²) in [4.78, 5) is 2.44. The van der Waals surface area contributed by atoms with Crippen LogP contribution in [0.25, 0.3) is 77.2 Å². The minimum absolute atomic E-state index is 1.09. The van der Waals surface area contributed by atoms with Crippen molar-refractivity contribution in [2.24, 2.45) is 0 Å². The van der Waals surface area contributed by atoms with Gasteiger partial charge in [0.15, 0.2) is 0 Å². The van der Waals surface area contributed by atoms with Crippen LogP contribution in [0.15, 0.2) is 237 Å². The van der Waals surface area contributed by atoms with Crippen LogP contribution in [0.4, 0.5) is 17.1 Å². The Bertz CT molecular complexity index is 2890. The SMILES string of the molecule is c1ccc(-c2ccc(N(c3ccc(-c4ccccc4)cc3)c3cccc(-c4cccc(-c5ccccc5)c4)c3-c3cc4ccccc4c4ccccc34)cc2)cc1. The number of hydrogen-bond acceptors (Lipinski definition) is 1. The quantitative estimate of drug-likeness (QED) is 0.141. The van der Waals surface area contributed by atoms with E-state index in [2.05, 4.69) is 241 Å². The maximum Gasteiger partial charge on any atom is 0.0546 e. The Morgan fingerprint density at radius 2 is 0.684 bits per heavy atom. The van der Waals surface area contributed by atoms with Crippen LogP contribution in [0.1, 0.15) is 0 Å². The summed E-state index contributed by atoms with van der Waals surface area (Å²) in [7, 11) is 0. The van der Waals surface area contributed by atoms with E-state index < -0.39 is 0 Å². The van der Waals surface area contributed by atoms with E-state index in [0.29, 0.717) is 0 Å². The molecule has 0 aliphatic rings. The molecule has 10 rings (SSSR count). The second-order valence-electron chi connectivity index (χ2n) is 14.5. The van der Waals surface area contributed by atoms with E-state index in [0.717, 1.165) is 17.1 Å². The highest BCUT2D eigenvalue weighted by molar-refractivity contribution is 6.16. The van der Waals surface area contributed by atoms with Gasteiger partial charge in [-0.2, -0.15) is 0 Å². The van der Waals surface area contributed by atoms with Gasteiger partial charge in [0.1, 0.15) is 0 Å². The van der Waals surface area contributed by atoms with Crippen LogP contribution < -0.4 is 4.90 Å². The van der Waals surface area contributed by atoms with Gasteiger partial charge in [-0.1, -0.05) is 194 Å². The largest absolute Gasteiger partial charge is 0.310 e. The zero-order valence-corrected chi connectivity index (χ0v) is 31.5. The summed E-state index contributed by atoms with van der Waals surface area (Å²) in [5.41, 5.74) is 15.2. The molecule has 10 aromatic carbocycles. The first-order valence-electron chi connectivity index (χ1n) is 19.6. The van der Waals surface area contributed by atoms with Crippen LogP contribution in [0.3, 0.4) is 0 Å². The van der Waals surface area contributed by atoms with Gasteiger partial charge in [0.05, 0.1) is 5.69 Å². The van der Waals surface area contributed by atoms with Crippen molar-refractivity contribution < 1.29 is 0 Å². The topological polar surface area (TPSA) is 3.24 Å². The summed E-state index contributed by atoms with van der Waals surface area (Å²) in [6, 6.07) is 85.8. The molecule has 0 aromatic heterocycles. The molecule has 0 saturated carbocycles. The highest BCUT2D eigenvalue weighted by atomic mass is 15.1. The molecule has 268 valence electrons. The molecule has 0 aliphatic heterocycles. The molecule has 0 amide bonds. The highest BCUT2D eigenvalue weighted by Crippen LogP contribution is 2.49. The molecule has 0 radical (unpaired) electrons. The molecule has 0 saturated heterocycles. The van der Waals surface area contributed by atoms with E-state index in [1.54, 1.807) is 0 Å². The number of anilines is 3. The van der Waals surface area contributed by atoms with Gasteiger partial charge in [0.2, 0.25) is 0 Å². The minimum atomic E-state index is 1.09. The first kappa shape index (κ1) is 34.0. The minimum Gasteiger partial charge on any atom is -0.310 e. The van der Waals surface area contributed by atoms with Crippen LogP contribution in [-0.2, 0) is 0 Å². The van der Waals surface area contributed by atoms with Crippen LogP contribution >= 0.6 is 0 Å². The first-order chi connectivity index (χ1) is 28.3. The molecule has 0 spiro atoms. The third kappa shape index (κ3) is 6.56. The fourth-order valence-electron chi connectivity index (χ4n) is 8.30. The third-order valence-electron chi connectivity index (χ3n) is 11.1. The van der Waals surface area contributed by atoms with Crippen LogP contribution in [0, 0.1) is 0 Å². The Morgan fingerprint density at radius 3 is 1.28 bits per heavy atom. The monoisotopic (exact) mass is 725 g/mol. The summed E-state index contributed by atoms with van der Waals surface area (Å²) in [6.45, 7) is 0. The van der Waals surface area contributed by atoms with E-state index in [1.165, 1.54) is 77.2 Å². The van der Waals surface area contributed by atoms with Gasteiger partial charge in [-0.25, -0.2) is 0 Å². The molecule has 0 N–H and O–H groups in total. The Labute approximate surface area is 334 Å². The summed E-state index contributed by atoms with van der Waals surface area (Å²) >= 11 is 0. The van der Waals surface area contributed by atoms with Crippen LogP contribution in [0.5, 0.6) is 0 Å². The highest BCUT2D eigenvalue weighted by Gasteiger charge is 2.23. The van der Waals surface area contributed by atoms with Crippen molar-refractivity contribution in [3.05, 3.63) is 237 Å². The molecule has 57 heavy (non-hydrogen) atoms. The molecule has 0 fully saturated rings. The van der Waals surface area contributed by atoms with Crippen molar-refractivity contribution in [2.75, 3.05) is 4.90 Å². The lowest BCUT2D eigenvalue weighted by Crippen LogP contribution is -2.12. The van der Waals surface area contributed by atoms with E-state index in [1.807, 2.05) is 0 Å². The van der Waals surface area contributed by atoms with Crippen molar-refractivity contribution in [2.45, 2.75) is 0 Å². The van der Waals surface area contributed by atoms with Crippen molar-refractivity contribution in [3.63, 3.8) is 0 Å². The van der Waals surface area contributed by atoms with Crippen molar-refractivity contribution in [1.82, 2.24) is 0 Å². The number of hydrogen-bond donors (Lipinski definition) is 0. The van der Waals surface area contributed by atoms with Gasteiger partial charge in [-0.3, -0.25) is 0 Å². The molecule has 0 heterocycles. The lowest BCUT2D eigenvalue weighted by molar-refractivity contribution is 1.28. The third-order valence-corrected chi connectivity index (χ3v) is 11.1. The summed E-state index contributed by atoms with van der Waals surface area (Å²) in [5, 5.41) is 4.95. The molecule has 0 unspecified atom stereocenters. The zero-order valence-electron chi connectivity index (χ0n) is 31.5. The molecule has 0 atom stereocenters. The standard InChI is InChI=1S/C56H39N/c1-4-16-40(17-5-1)43-30-34-48(35-31-43)57(49-36-32-44(33-37-49)41-18-6-2-7-19-41)55-29-15-28-51(46-24-14-23-45(38-46)42-20-8-3-9-21-42)56(55)54-39-47-22-10-11-25-50(47)52-26-12-13-27-53(52)54/h1-39H. The average Bonchev–Trinajstić information content (AvgIpc) is 3.30. The molecular formula is C56H39N. The predicted molar refractivity (Wildman–Crippen MR) is 243 cm³/mol. The van der Waals surface area contributed by atoms with E-state index in [-0.39, 0.29) is 0 Å². The summed E-state index contributed by atoms with van der Waals surface area (Å²) < 4.78 is 0. The molecule has 1 nitrogen and oxygen atoms in total. The summed E-state index contributed by atoms with van der Waals surface area (Å²) in [5.74, 6) is 0. The number of benzene rings is 10. The van der Waals surface area contributed by atoms with Crippen molar-refractivity contribution >= 4 is 38.6 Å². The molecule has 0 bridgehead atoms. The second kappa shape index (κ2) is 15.0. The normalized spacial score (nSPS) is 11.2. The van der Waals surface area contributed by atoms with Crippen LogP contribution in [0.2, 0.25) is 0 Å². The molecule has 0 aliphatic carbocycles. The van der Waals surface area contributed by atoms with Gasteiger partial charge in [0.25, 0.3) is 0 Å². The second-order valence-corrected chi connectivity index (χ2v) is 14.5. The number of nitrogens with zero attached hydrogens (tertiary/aromatic N) is 1. The fraction of sp³-hybridized carbons (Fsp3) is 0. The van der Waals surface area contributed by atoms with Gasteiger partial charge in [-0.05, 0) is 114 Å². The smallest absolute Gasteiger partial charge is 0.0546 e. The molecular weight excluding hydrogens is 687 g/mol. The van der Waals surface area contributed by atoms with Crippen LogP contribution in [-0.4, -0.2) is 0 Å². The van der Waals surface area contributed by atoms with E-state index >= 15 is 0 Å². The predicted octanol–water partition coefficient (Wildman–Crippen LogP) is 15.8. The average molecular weight is 726 g/mol. The lowest BCUT2D eigenvalue weighted by Gasteiger charge is -2.30. The van der Waals surface area contributed by atoms with Crippen molar-refractivity contribution in [1.29, 1.82) is 0 Å². The maximum absolute atomic E-state index is 2.44.